The van der Waals surface area contributed by atoms with Gasteiger partial charge in [-0.15, -0.1) is 0 Å². The van der Waals surface area contributed by atoms with E-state index in [4.69, 9.17) is 0 Å². The third kappa shape index (κ3) is 3.12. The molecular weight excluding hydrogens is 292 g/mol. The highest BCUT2D eigenvalue weighted by atomic mass is 79.9. The molecule has 1 aliphatic heterocycles. The summed E-state index contributed by atoms with van der Waals surface area (Å²) in [6.45, 7) is 3.48. The highest BCUT2D eigenvalue weighted by molar-refractivity contribution is 9.10. The molecule has 1 fully saturated rings. The summed E-state index contributed by atoms with van der Waals surface area (Å²) in [7, 11) is 0. The number of amides is 1. The number of hydrogen-bond acceptors (Lipinski definition) is 2. The van der Waals surface area contributed by atoms with Crippen molar-refractivity contribution in [1.29, 1.82) is 0 Å². The second-order valence-electron chi connectivity index (χ2n) is 4.99. The monoisotopic (exact) mass is 310 g/mol. The first kappa shape index (κ1) is 13.6. The van der Waals surface area contributed by atoms with Gasteiger partial charge in [0, 0.05) is 11.0 Å². The molecule has 1 saturated heterocycles. The molecule has 1 aromatic carbocycles. The van der Waals surface area contributed by atoms with Crippen LogP contribution in [0.1, 0.15) is 31.7 Å². The van der Waals surface area contributed by atoms with Crippen LogP contribution in [0.15, 0.2) is 28.7 Å². The maximum Gasteiger partial charge on any atom is 0.240 e. The average Bonchev–Trinajstić information content (AvgIpc) is 2.38. The summed E-state index contributed by atoms with van der Waals surface area (Å²) < 4.78 is 1.03. The van der Waals surface area contributed by atoms with Crippen LogP contribution in [0.3, 0.4) is 0 Å². The molecule has 18 heavy (non-hydrogen) atoms. The number of nitrogens with one attached hydrogen (secondary N) is 2. The molecule has 98 valence electrons. The third-order valence-electron chi connectivity index (χ3n) is 3.52. The summed E-state index contributed by atoms with van der Waals surface area (Å²) in [5.41, 5.74) is 0.699. The first-order chi connectivity index (χ1) is 8.62. The van der Waals surface area contributed by atoms with E-state index in [1.165, 1.54) is 0 Å². The van der Waals surface area contributed by atoms with Gasteiger partial charge in [-0.1, -0.05) is 34.1 Å². The van der Waals surface area contributed by atoms with Crippen LogP contribution < -0.4 is 10.6 Å². The van der Waals surface area contributed by atoms with Gasteiger partial charge in [0.05, 0.1) is 5.54 Å². The Morgan fingerprint density at radius 1 is 1.44 bits per heavy atom. The number of hydrogen-bond donors (Lipinski definition) is 2. The van der Waals surface area contributed by atoms with Gasteiger partial charge in [-0.25, -0.2) is 0 Å². The predicted molar refractivity (Wildman–Crippen MR) is 76.2 cm³/mol. The van der Waals surface area contributed by atoms with Crippen LogP contribution >= 0.6 is 15.9 Å². The second kappa shape index (κ2) is 5.85. The first-order valence-electron chi connectivity index (χ1n) is 6.38. The number of halogens is 1. The van der Waals surface area contributed by atoms with Gasteiger partial charge in [-0.3, -0.25) is 4.79 Å². The maximum atomic E-state index is 12.2. The molecule has 0 bridgehead atoms. The fourth-order valence-corrected chi connectivity index (χ4v) is 2.69. The lowest BCUT2D eigenvalue weighted by Gasteiger charge is -2.33. The maximum absolute atomic E-state index is 12.2. The quantitative estimate of drug-likeness (QED) is 0.901. The summed E-state index contributed by atoms with van der Waals surface area (Å²) >= 11 is 3.49. The molecule has 0 spiro atoms. The van der Waals surface area contributed by atoms with E-state index in [9.17, 15) is 4.79 Å². The summed E-state index contributed by atoms with van der Waals surface area (Å²) in [4.78, 5) is 12.2. The van der Waals surface area contributed by atoms with E-state index in [0.29, 0.717) is 6.54 Å². The lowest BCUT2D eigenvalue weighted by atomic mass is 9.90. The zero-order valence-electron chi connectivity index (χ0n) is 10.6. The first-order valence-corrected chi connectivity index (χ1v) is 7.18. The van der Waals surface area contributed by atoms with Gasteiger partial charge in [0.15, 0.2) is 0 Å². The van der Waals surface area contributed by atoms with Crippen LogP contribution in [0, 0.1) is 0 Å². The standard InChI is InChI=1S/C14H19BrN2O/c1-14(8-4-5-9-17-14)13(18)16-10-11-6-2-3-7-12(11)15/h2-3,6-7,17H,4-5,8-10H2,1H3,(H,16,18). The van der Waals surface area contributed by atoms with E-state index in [2.05, 4.69) is 26.6 Å². The normalized spacial score (nSPS) is 23.7. The fourth-order valence-electron chi connectivity index (χ4n) is 2.26. The van der Waals surface area contributed by atoms with E-state index in [0.717, 1.165) is 35.8 Å². The zero-order chi connectivity index (χ0) is 13.0. The number of piperidine rings is 1. The summed E-state index contributed by atoms with van der Waals surface area (Å²) in [5, 5.41) is 6.34. The molecule has 1 aliphatic rings. The lowest BCUT2D eigenvalue weighted by Crippen LogP contribution is -2.56. The van der Waals surface area contributed by atoms with Crippen molar-refractivity contribution in [2.24, 2.45) is 0 Å². The molecule has 0 aliphatic carbocycles. The second-order valence-corrected chi connectivity index (χ2v) is 5.84. The van der Waals surface area contributed by atoms with E-state index in [-0.39, 0.29) is 5.91 Å². The van der Waals surface area contributed by atoms with Gasteiger partial charge in [0.2, 0.25) is 5.91 Å². The minimum absolute atomic E-state index is 0.0953. The molecule has 1 unspecified atom stereocenters. The van der Waals surface area contributed by atoms with Crippen LogP contribution in [0.25, 0.3) is 0 Å². The Bertz CT molecular complexity index is 428. The van der Waals surface area contributed by atoms with Crippen molar-refractivity contribution < 1.29 is 4.79 Å². The number of rotatable bonds is 3. The SMILES string of the molecule is CC1(C(=O)NCc2ccccc2Br)CCCCN1. The lowest BCUT2D eigenvalue weighted by molar-refractivity contribution is -0.128. The molecule has 4 heteroatoms. The summed E-state index contributed by atoms with van der Waals surface area (Å²) in [6, 6.07) is 7.95. The van der Waals surface area contributed by atoms with Gasteiger partial charge >= 0.3 is 0 Å². The smallest absolute Gasteiger partial charge is 0.240 e. The molecule has 1 heterocycles. The largest absolute Gasteiger partial charge is 0.350 e. The van der Waals surface area contributed by atoms with Gasteiger partial charge in [-0.2, -0.15) is 0 Å². The molecule has 3 nitrogen and oxygen atoms in total. The molecule has 0 radical (unpaired) electrons. The number of benzene rings is 1. The molecule has 0 aromatic heterocycles. The van der Waals surface area contributed by atoms with Crippen molar-refractivity contribution in [1.82, 2.24) is 10.6 Å². The van der Waals surface area contributed by atoms with Crippen molar-refractivity contribution >= 4 is 21.8 Å². The third-order valence-corrected chi connectivity index (χ3v) is 4.29. The Labute approximate surface area is 116 Å². The zero-order valence-corrected chi connectivity index (χ0v) is 12.2. The number of carbonyl (C=O) groups is 1. The van der Waals surface area contributed by atoms with E-state index >= 15 is 0 Å². The summed E-state index contributed by atoms with van der Waals surface area (Å²) in [5.74, 6) is 0.0953. The van der Waals surface area contributed by atoms with E-state index in [1.807, 2.05) is 31.2 Å². The minimum atomic E-state index is -0.403. The highest BCUT2D eigenvalue weighted by Gasteiger charge is 2.33. The van der Waals surface area contributed by atoms with Crippen molar-refractivity contribution in [2.75, 3.05) is 6.54 Å². The topological polar surface area (TPSA) is 41.1 Å². The van der Waals surface area contributed by atoms with Crippen LogP contribution in [-0.4, -0.2) is 18.0 Å². The molecule has 2 N–H and O–H groups in total. The van der Waals surface area contributed by atoms with Crippen LogP contribution in [0.4, 0.5) is 0 Å². The average molecular weight is 311 g/mol. The summed E-state index contributed by atoms with van der Waals surface area (Å²) in [6.07, 6.45) is 3.19. The van der Waals surface area contributed by atoms with Crippen molar-refractivity contribution in [2.45, 2.75) is 38.3 Å². The van der Waals surface area contributed by atoms with Crippen LogP contribution in [0.2, 0.25) is 0 Å². The van der Waals surface area contributed by atoms with Crippen molar-refractivity contribution in [3.05, 3.63) is 34.3 Å². The van der Waals surface area contributed by atoms with Crippen LogP contribution in [0.5, 0.6) is 0 Å². The molecule has 2 rings (SSSR count). The molecule has 0 saturated carbocycles. The minimum Gasteiger partial charge on any atom is -0.350 e. The predicted octanol–water partition coefficient (Wildman–Crippen LogP) is 2.60. The Morgan fingerprint density at radius 2 is 2.22 bits per heavy atom. The Hall–Kier alpha value is -0.870. The van der Waals surface area contributed by atoms with Crippen molar-refractivity contribution in [3.8, 4) is 0 Å². The molecule has 1 amide bonds. The highest BCUT2D eigenvalue weighted by Crippen LogP contribution is 2.20. The Balaban J connectivity index is 1.94. The molecule has 1 atom stereocenters. The fraction of sp³-hybridized carbons (Fsp3) is 0.500. The Kier molecular flexibility index (Phi) is 4.40. The van der Waals surface area contributed by atoms with Gasteiger partial charge in [0.1, 0.15) is 0 Å². The van der Waals surface area contributed by atoms with E-state index < -0.39 is 5.54 Å². The molecular formula is C14H19BrN2O. The van der Waals surface area contributed by atoms with Gasteiger partial charge in [-0.05, 0) is 44.4 Å². The Morgan fingerprint density at radius 3 is 2.89 bits per heavy atom. The van der Waals surface area contributed by atoms with Crippen molar-refractivity contribution in [3.63, 3.8) is 0 Å². The van der Waals surface area contributed by atoms with Gasteiger partial charge < -0.3 is 10.6 Å². The molecule has 1 aromatic rings. The van der Waals surface area contributed by atoms with Gasteiger partial charge in [0.25, 0.3) is 0 Å². The van der Waals surface area contributed by atoms with E-state index in [1.54, 1.807) is 0 Å². The van der Waals surface area contributed by atoms with Crippen LogP contribution in [-0.2, 0) is 11.3 Å². The number of carbonyl (C=O) groups excluding carboxylic acids is 1.